The van der Waals surface area contributed by atoms with Crippen LogP contribution in [0.3, 0.4) is 0 Å². The Bertz CT molecular complexity index is 859. The van der Waals surface area contributed by atoms with Crippen molar-refractivity contribution < 1.29 is 19.1 Å². The minimum Gasteiger partial charge on any atom is -0.496 e. The Kier molecular flexibility index (Phi) is 5.02. The zero-order valence-electron chi connectivity index (χ0n) is 14.7. The molecule has 6 heteroatoms. The van der Waals surface area contributed by atoms with Crippen LogP contribution in [-0.2, 0) is 4.79 Å². The second-order valence-electron chi connectivity index (χ2n) is 6.15. The zero-order valence-corrected chi connectivity index (χ0v) is 14.7. The molecule has 0 bridgehead atoms. The standard InChI is InChI=1S/C20H20N2O4/c1-12(23)16-11-15(7-8-18(16)26-2)13-3-5-14(6-4-13)19(24)22-17-9-10-21-20(17)25/h3-8,11,17H,9-10H2,1-2H3,(H,21,25)(H,22,24)/t17-/m1/s1. The number of ether oxygens (including phenoxy) is 1. The average molecular weight is 352 g/mol. The summed E-state index contributed by atoms with van der Waals surface area (Å²) in [6.45, 7) is 2.08. The Morgan fingerprint density at radius 1 is 1.12 bits per heavy atom. The molecule has 2 N–H and O–H groups in total. The summed E-state index contributed by atoms with van der Waals surface area (Å²) >= 11 is 0. The molecule has 1 aliphatic rings. The molecule has 0 saturated carbocycles. The number of amides is 2. The van der Waals surface area contributed by atoms with E-state index in [0.29, 0.717) is 29.8 Å². The monoisotopic (exact) mass is 352 g/mol. The number of rotatable bonds is 5. The average Bonchev–Trinajstić information content (AvgIpc) is 3.05. The minimum absolute atomic E-state index is 0.0745. The third-order valence-corrected chi connectivity index (χ3v) is 4.41. The van der Waals surface area contributed by atoms with Gasteiger partial charge in [-0.3, -0.25) is 14.4 Å². The first-order valence-corrected chi connectivity index (χ1v) is 8.37. The van der Waals surface area contributed by atoms with Gasteiger partial charge in [0.25, 0.3) is 5.91 Å². The van der Waals surface area contributed by atoms with Gasteiger partial charge in [0.05, 0.1) is 12.7 Å². The van der Waals surface area contributed by atoms with Crippen molar-refractivity contribution in [2.45, 2.75) is 19.4 Å². The number of methoxy groups -OCH3 is 1. The number of hydrogen-bond donors (Lipinski definition) is 2. The van der Waals surface area contributed by atoms with Crippen LogP contribution in [0.5, 0.6) is 5.75 Å². The molecule has 2 amide bonds. The van der Waals surface area contributed by atoms with Crippen LogP contribution in [0, 0.1) is 0 Å². The first-order chi connectivity index (χ1) is 12.5. The van der Waals surface area contributed by atoms with E-state index in [1.54, 1.807) is 24.3 Å². The van der Waals surface area contributed by atoms with E-state index in [-0.39, 0.29) is 17.6 Å². The molecule has 0 aliphatic carbocycles. The molecule has 0 radical (unpaired) electrons. The van der Waals surface area contributed by atoms with Crippen molar-refractivity contribution >= 4 is 17.6 Å². The molecule has 1 fully saturated rings. The van der Waals surface area contributed by atoms with Crippen LogP contribution < -0.4 is 15.4 Å². The lowest BCUT2D eigenvalue weighted by Crippen LogP contribution is -2.40. The van der Waals surface area contributed by atoms with E-state index in [9.17, 15) is 14.4 Å². The smallest absolute Gasteiger partial charge is 0.251 e. The number of Topliss-reactive ketones (excluding diaryl/α,β-unsaturated/α-hetero) is 1. The van der Waals surface area contributed by atoms with E-state index in [4.69, 9.17) is 4.74 Å². The fourth-order valence-electron chi connectivity index (χ4n) is 2.95. The highest BCUT2D eigenvalue weighted by atomic mass is 16.5. The van der Waals surface area contributed by atoms with Gasteiger partial charge in [0.15, 0.2) is 5.78 Å². The van der Waals surface area contributed by atoms with Crippen molar-refractivity contribution in [3.8, 4) is 16.9 Å². The Labute approximate surface area is 151 Å². The van der Waals surface area contributed by atoms with E-state index < -0.39 is 6.04 Å². The molecular weight excluding hydrogens is 332 g/mol. The highest BCUT2D eigenvalue weighted by Crippen LogP contribution is 2.27. The summed E-state index contributed by atoms with van der Waals surface area (Å²) in [5.74, 6) is 0.0318. The molecular formula is C20H20N2O4. The predicted octanol–water partition coefficient (Wildman–Crippen LogP) is 2.18. The van der Waals surface area contributed by atoms with Gasteiger partial charge in [0.1, 0.15) is 11.8 Å². The molecule has 0 spiro atoms. The summed E-state index contributed by atoms with van der Waals surface area (Å²) in [6.07, 6.45) is 0.600. The normalized spacial score (nSPS) is 16.1. The molecule has 6 nitrogen and oxygen atoms in total. The third kappa shape index (κ3) is 3.59. The Morgan fingerprint density at radius 2 is 1.81 bits per heavy atom. The molecule has 1 heterocycles. The molecule has 134 valence electrons. The maximum Gasteiger partial charge on any atom is 0.251 e. The van der Waals surface area contributed by atoms with Crippen molar-refractivity contribution in [1.82, 2.24) is 10.6 Å². The van der Waals surface area contributed by atoms with Gasteiger partial charge < -0.3 is 15.4 Å². The molecule has 2 aromatic carbocycles. The summed E-state index contributed by atoms with van der Waals surface area (Å²) in [7, 11) is 1.53. The first-order valence-electron chi connectivity index (χ1n) is 8.37. The van der Waals surface area contributed by atoms with E-state index in [1.165, 1.54) is 14.0 Å². The zero-order chi connectivity index (χ0) is 18.7. The van der Waals surface area contributed by atoms with E-state index in [1.807, 2.05) is 18.2 Å². The Morgan fingerprint density at radius 3 is 2.38 bits per heavy atom. The van der Waals surface area contributed by atoms with Gasteiger partial charge in [-0.05, 0) is 48.7 Å². The summed E-state index contributed by atoms with van der Waals surface area (Å²) in [6, 6.07) is 12.0. The van der Waals surface area contributed by atoms with Crippen LogP contribution in [0.2, 0.25) is 0 Å². The van der Waals surface area contributed by atoms with Gasteiger partial charge >= 0.3 is 0 Å². The van der Waals surface area contributed by atoms with E-state index >= 15 is 0 Å². The third-order valence-electron chi connectivity index (χ3n) is 4.41. The van der Waals surface area contributed by atoms with Crippen molar-refractivity contribution in [2.24, 2.45) is 0 Å². The highest BCUT2D eigenvalue weighted by Gasteiger charge is 2.25. The lowest BCUT2D eigenvalue weighted by molar-refractivity contribution is -0.120. The summed E-state index contributed by atoms with van der Waals surface area (Å²) in [4.78, 5) is 35.6. The van der Waals surface area contributed by atoms with Crippen LogP contribution in [0.4, 0.5) is 0 Å². The number of ketones is 1. The highest BCUT2D eigenvalue weighted by molar-refractivity contribution is 5.99. The predicted molar refractivity (Wildman–Crippen MR) is 97.3 cm³/mol. The molecule has 0 unspecified atom stereocenters. The summed E-state index contributed by atoms with van der Waals surface area (Å²) < 4.78 is 5.21. The van der Waals surface area contributed by atoms with Gasteiger partial charge in [-0.25, -0.2) is 0 Å². The molecule has 3 rings (SSSR count). The van der Waals surface area contributed by atoms with E-state index in [0.717, 1.165) is 11.1 Å². The number of carbonyl (C=O) groups excluding carboxylic acids is 3. The summed E-state index contributed by atoms with van der Waals surface area (Å²) in [5.41, 5.74) is 2.73. The fraction of sp³-hybridized carbons (Fsp3) is 0.250. The van der Waals surface area contributed by atoms with Crippen molar-refractivity contribution in [3.63, 3.8) is 0 Å². The fourth-order valence-corrected chi connectivity index (χ4v) is 2.95. The van der Waals surface area contributed by atoms with E-state index in [2.05, 4.69) is 10.6 Å². The second-order valence-corrected chi connectivity index (χ2v) is 6.15. The number of benzene rings is 2. The van der Waals surface area contributed by atoms with Gasteiger partial charge in [-0.15, -0.1) is 0 Å². The van der Waals surface area contributed by atoms with Crippen LogP contribution >= 0.6 is 0 Å². The lowest BCUT2D eigenvalue weighted by Gasteiger charge is -2.11. The van der Waals surface area contributed by atoms with Crippen LogP contribution in [0.15, 0.2) is 42.5 Å². The minimum atomic E-state index is -0.470. The quantitative estimate of drug-likeness (QED) is 0.808. The number of nitrogens with one attached hydrogen (secondary N) is 2. The Balaban J connectivity index is 1.79. The van der Waals surface area contributed by atoms with Gasteiger partial charge in [0.2, 0.25) is 5.91 Å². The Hall–Kier alpha value is -3.15. The number of hydrogen-bond acceptors (Lipinski definition) is 4. The molecule has 1 aliphatic heterocycles. The molecule has 1 atom stereocenters. The van der Waals surface area contributed by atoms with Gasteiger partial charge in [0, 0.05) is 12.1 Å². The van der Waals surface area contributed by atoms with Gasteiger partial charge in [-0.2, -0.15) is 0 Å². The first kappa shape index (κ1) is 17.7. The molecule has 2 aromatic rings. The molecule has 0 aromatic heterocycles. The van der Waals surface area contributed by atoms with Crippen LogP contribution in [0.25, 0.3) is 11.1 Å². The van der Waals surface area contributed by atoms with Gasteiger partial charge in [-0.1, -0.05) is 18.2 Å². The number of carbonyl (C=O) groups is 3. The maximum atomic E-state index is 12.3. The maximum absolute atomic E-state index is 12.3. The second kappa shape index (κ2) is 7.39. The van der Waals surface area contributed by atoms with Crippen molar-refractivity contribution in [3.05, 3.63) is 53.6 Å². The summed E-state index contributed by atoms with van der Waals surface area (Å²) in [5, 5.41) is 5.42. The van der Waals surface area contributed by atoms with Crippen LogP contribution in [0.1, 0.15) is 34.1 Å². The SMILES string of the molecule is COc1ccc(-c2ccc(C(=O)N[C@@H]3CCNC3=O)cc2)cc1C(C)=O. The lowest BCUT2D eigenvalue weighted by atomic mass is 9.99. The molecule has 26 heavy (non-hydrogen) atoms. The van der Waals surface area contributed by atoms with Crippen LogP contribution in [-0.4, -0.2) is 37.3 Å². The topological polar surface area (TPSA) is 84.5 Å². The molecule has 1 saturated heterocycles. The van der Waals surface area contributed by atoms with Crippen molar-refractivity contribution in [1.29, 1.82) is 0 Å². The largest absolute Gasteiger partial charge is 0.496 e. The van der Waals surface area contributed by atoms with Crippen molar-refractivity contribution in [2.75, 3.05) is 13.7 Å².